The molecule has 2 aromatic carbocycles. The first kappa shape index (κ1) is 19.3. The lowest BCUT2D eigenvalue weighted by atomic mass is 10.2. The van der Waals surface area contributed by atoms with Crippen LogP contribution in [-0.2, 0) is 4.79 Å². The van der Waals surface area contributed by atoms with Crippen molar-refractivity contribution >= 4 is 17.5 Å². The molecule has 2 amide bonds. The number of hydrogen-bond acceptors (Lipinski definition) is 4. The topological polar surface area (TPSA) is 67.9 Å². The number of benzene rings is 2. The van der Waals surface area contributed by atoms with Crippen molar-refractivity contribution < 1.29 is 19.1 Å². The maximum atomic E-state index is 12.4. The molecule has 0 aliphatic carbocycles. The molecule has 0 bridgehead atoms. The fraction of sp³-hybridized carbons (Fsp3) is 0.300. The molecule has 1 N–H and O–H groups in total. The molecule has 0 saturated heterocycles. The molecule has 2 rings (SSSR count). The van der Waals surface area contributed by atoms with Gasteiger partial charge in [-0.05, 0) is 31.2 Å². The van der Waals surface area contributed by atoms with Crippen molar-refractivity contribution in [2.24, 2.45) is 0 Å². The van der Waals surface area contributed by atoms with Gasteiger partial charge in [0.05, 0.1) is 14.2 Å². The second-order valence-corrected chi connectivity index (χ2v) is 5.86. The number of nitrogens with zero attached hydrogens (tertiary/aromatic N) is 1. The summed E-state index contributed by atoms with van der Waals surface area (Å²) in [5, 5.41) is 2.82. The van der Waals surface area contributed by atoms with Crippen LogP contribution in [-0.4, -0.2) is 39.1 Å². The fourth-order valence-electron chi connectivity index (χ4n) is 2.51. The maximum absolute atomic E-state index is 12.4. The molecule has 6 heteroatoms. The predicted octanol–water partition coefficient (Wildman–Crippen LogP) is 2.80. The summed E-state index contributed by atoms with van der Waals surface area (Å²) in [5.74, 6) is 0.750. The van der Waals surface area contributed by atoms with Crippen LogP contribution >= 0.6 is 0 Å². The molecule has 26 heavy (non-hydrogen) atoms. The van der Waals surface area contributed by atoms with Gasteiger partial charge in [0.1, 0.15) is 11.5 Å². The maximum Gasteiger partial charge on any atom is 0.251 e. The molecule has 0 saturated carbocycles. The van der Waals surface area contributed by atoms with E-state index in [2.05, 4.69) is 5.32 Å². The first-order valence-electron chi connectivity index (χ1n) is 8.30. The second-order valence-electron chi connectivity index (χ2n) is 5.86. The smallest absolute Gasteiger partial charge is 0.251 e. The van der Waals surface area contributed by atoms with Crippen molar-refractivity contribution in [2.45, 2.75) is 13.8 Å². The molecule has 0 radical (unpaired) electrons. The Morgan fingerprint density at radius 3 is 2.08 bits per heavy atom. The minimum Gasteiger partial charge on any atom is -0.497 e. The number of carbonyl (C=O) groups is 2. The summed E-state index contributed by atoms with van der Waals surface area (Å²) in [7, 11) is 3.06. The molecule has 0 aliphatic heterocycles. The third-order valence-electron chi connectivity index (χ3n) is 3.96. The number of methoxy groups -OCH3 is 2. The summed E-state index contributed by atoms with van der Waals surface area (Å²) < 4.78 is 10.4. The van der Waals surface area contributed by atoms with Crippen LogP contribution in [0.25, 0.3) is 0 Å². The van der Waals surface area contributed by atoms with Crippen LogP contribution in [0.1, 0.15) is 22.8 Å². The number of ether oxygens (including phenoxy) is 2. The molecule has 0 spiro atoms. The van der Waals surface area contributed by atoms with Gasteiger partial charge < -0.3 is 19.7 Å². The Labute approximate surface area is 153 Å². The molecule has 138 valence electrons. The summed E-state index contributed by atoms with van der Waals surface area (Å²) in [6.07, 6.45) is 0. The van der Waals surface area contributed by atoms with E-state index in [1.165, 1.54) is 21.1 Å². The Balaban J connectivity index is 2.02. The lowest BCUT2D eigenvalue weighted by molar-refractivity contribution is -0.116. The van der Waals surface area contributed by atoms with Gasteiger partial charge in [0.25, 0.3) is 5.91 Å². The van der Waals surface area contributed by atoms with Gasteiger partial charge in [-0.2, -0.15) is 0 Å². The third kappa shape index (κ3) is 4.99. The fourth-order valence-corrected chi connectivity index (χ4v) is 2.51. The van der Waals surface area contributed by atoms with Gasteiger partial charge in [0.15, 0.2) is 0 Å². The van der Waals surface area contributed by atoms with Crippen molar-refractivity contribution in [2.75, 3.05) is 32.2 Å². The summed E-state index contributed by atoms with van der Waals surface area (Å²) >= 11 is 0. The van der Waals surface area contributed by atoms with E-state index in [-0.39, 0.29) is 11.8 Å². The van der Waals surface area contributed by atoms with Crippen LogP contribution in [0.4, 0.5) is 5.69 Å². The molecular formula is C20H24N2O4. The zero-order valence-electron chi connectivity index (χ0n) is 15.5. The van der Waals surface area contributed by atoms with Gasteiger partial charge >= 0.3 is 0 Å². The summed E-state index contributed by atoms with van der Waals surface area (Å²) in [4.78, 5) is 25.9. The Kier molecular flexibility index (Phi) is 6.60. The molecular weight excluding hydrogens is 332 g/mol. The summed E-state index contributed by atoms with van der Waals surface area (Å²) in [5.41, 5.74) is 2.36. The number of rotatable bonds is 7. The van der Waals surface area contributed by atoms with Gasteiger partial charge in [-0.15, -0.1) is 0 Å². The molecule has 0 unspecified atom stereocenters. The van der Waals surface area contributed by atoms with Crippen molar-refractivity contribution in [3.63, 3.8) is 0 Å². The molecule has 0 aliphatic rings. The Morgan fingerprint density at radius 2 is 1.58 bits per heavy atom. The number of aryl methyl sites for hydroxylation is 1. The van der Waals surface area contributed by atoms with Crippen LogP contribution < -0.4 is 19.7 Å². The van der Waals surface area contributed by atoms with Gasteiger partial charge in [0.2, 0.25) is 5.91 Å². The Bertz CT molecular complexity index is 750. The average Bonchev–Trinajstić information content (AvgIpc) is 2.65. The van der Waals surface area contributed by atoms with E-state index >= 15 is 0 Å². The average molecular weight is 356 g/mol. The van der Waals surface area contributed by atoms with E-state index in [9.17, 15) is 9.59 Å². The van der Waals surface area contributed by atoms with Crippen LogP contribution in [0.5, 0.6) is 11.5 Å². The first-order valence-corrected chi connectivity index (χ1v) is 8.30. The molecule has 0 fully saturated rings. The van der Waals surface area contributed by atoms with E-state index in [0.29, 0.717) is 30.2 Å². The zero-order chi connectivity index (χ0) is 19.1. The highest BCUT2D eigenvalue weighted by Gasteiger charge is 2.13. The lowest BCUT2D eigenvalue weighted by Gasteiger charge is -2.21. The number of hydrogen-bond donors (Lipinski definition) is 1. The van der Waals surface area contributed by atoms with E-state index in [4.69, 9.17) is 9.47 Å². The quantitative estimate of drug-likeness (QED) is 0.828. The van der Waals surface area contributed by atoms with Crippen molar-refractivity contribution in [1.29, 1.82) is 0 Å². The number of amides is 2. The molecule has 6 nitrogen and oxygen atoms in total. The number of nitrogens with one attached hydrogen (secondary N) is 1. The summed E-state index contributed by atoms with van der Waals surface area (Å²) in [6, 6.07) is 12.7. The minimum absolute atomic E-state index is 0.0776. The third-order valence-corrected chi connectivity index (χ3v) is 3.96. The number of carbonyl (C=O) groups excluding carboxylic acids is 2. The van der Waals surface area contributed by atoms with Crippen LogP contribution in [0.3, 0.4) is 0 Å². The highest BCUT2D eigenvalue weighted by molar-refractivity contribution is 5.95. The van der Waals surface area contributed by atoms with E-state index < -0.39 is 0 Å². The lowest BCUT2D eigenvalue weighted by Crippen LogP contribution is -2.37. The van der Waals surface area contributed by atoms with Crippen LogP contribution in [0.2, 0.25) is 0 Å². The van der Waals surface area contributed by atoms with E-state index in [1.54, 1.807) is 23.1 Å². The van der Waals surface area contributed by atoms with Gasteiger partial charge in [-0.3, -0.25) is 9.59 Å². The molecule has 0 atom stereocenters. The van der Waals surface area contributed by atoms with E-state index in [1.807, 2.05) is 31.2 Å². The zero-order valence-corrected chi connectivity index (χ0v) is 15.5. The Morgan fingerprint density at radius 1 is 1.00 bits per heavy atom. The van der Waals surface area contributed by atoms with Gasteiger partial charge in [-0.1, -0.05) is 17.7 Å². The molecule has 2 aromatic rings. The standard InChI is InChI=1S/C20H24N2O4/c1-14-5-7-17(8-6-14)22(15(2)23)10-9-21-20(24)16-11-18(25-3)13-19(12-16)26-4/h5-8,11-13H,9-10H2,1-4H3,(H,21,24). The van der Waals surface area contributed by atoms with Gasteiger partial charge in [-0.25, -0.2) is 0 Å². The van der Waals surface area contributed by atoms with E-state index in [0.717, 1.165) is 11.3 Å². The highest BCUT2D eigenvalue weighted by atomic mass is 16.5. The molecule has 0 aromatic heterocycles. The first-order chi connectivity index (χ1) is 12.4. The number of anilines is 1. The molecule has 0 heterocycles. The highest BCUT2D eigenvalue weighted by Crippen LogP contribution is 2.22. The SMILES string of the molecule is COc1cc(OC)cc(C(=O)NCCN(C(C)=O)c2ccc(C)cc2)c1. The van der Waals surface area contributed by atoms with Crippen molar-refractivity contribution in [1.82, 2.24) is 5.32 Å². The Hall–Kier alpha value is -3.02. The minimum atomic E-state index is -0.255. The van der Waals surface area contributed by atoms with Gasteiger partial charge in [0, 0.05) is 37.3 Å². The van der Waals surface area contributed by atoms with Crippen LogP contribution in [0.15, 0.2) is 42.5 Å². The van der Waals surface area contributed by atoms with Crippen molar-refractivity contribution in [3.05, 3.63) is 53.6 Å². The summed E-state index contributed by atoms with van der Waals surface area (Å²) in [6.45, 7) is 4.20. The second kappa shape index (κ2) is 8.89. The monoisotopic (exact) mass is 356 g/mol. The van der Waals surface area contributed by atoms with Crippen LogP contribution in [0, 0.1) is 6.92 Å². The normalized spacial score (nSPS) is 10.2. The van der Waals surface area contributed by atoms with Crippen molar-refractivity contribution in [3.8, 4) is 11.5 Å². The largest absolute Gasteiger partial charge is 0.497 e. The predicted molar refractivity (Wildman–Crippen MR) is 101 cm³/mol.